The van der Waals surface area contributed by atoms with Gasteiger partial charge in [-0.1, -0.05) is 5.21 Å². The van der Waals surface area contributed by atoms with Gasteiger partial charge in [0.2, 0.25) is 5.69 Å². The highest BCUT2D eigenvalue weighted by atomic mass is 16.7. The van der Waals surface area contributed by atoms with Gasteiger partial charge in [0.1, 0.15) is 18.4 Å². The smallest absolute Gasteiger partial charge is 0.384 e. The SMILES string of the molecule is CCOC(=O)C#Cc1c(C(=O)OCC)nnn1C1OC(COC(C)=O)C(OC(C)=O)C1OC(C)=O. The van der Waals surface area contributed by atoms with E-state index in [0.29, 0.717) is 0 Å². The molecule has 1 aromatic heterocycles. The molecule has 0 radical (unpaired) electrons. The van der Waals surface area contributed by atoms with Crippen molar-refractivity contribution in [2.24, 2.45) is 0 Å². The molecule has 0 N–H and O–H groups in total. The molecule has 0 spiro atoms. The zero-order chi connectivity index (χ0) is 26.1. The van der Waals surface area contributed by atoms with E-state index in [2.05, 4.69) is 22.2 Å². The van der Waals surface area contributed by atoms with E-state index in [0.717, 1.165) is 18.5 Å². The second-order valence-corrected chi connectivity index (χ2v) is 6.94. The molecule has 35 heavy (non-hydrogen) atoms. The zero-order valence-corrected chi connectivity index (χ0v) is 19.8. The van der Waals surface area contributed by atoms with E-state index >= 15 is 0 Å². The number of hydrogen-bond acceptors (Lipinski definition) is 13. The second kappa shape index (κ2) is 12.5. The number of esters is 5. The maximum atomic E-state index is 12.4. The Bertz CT molecular complexity index is 1040. The third-order valence-electron chi connectivity index (χ3n) is 4.30. The molecule has 1 aliphatic heterocycles. The van der Waals surface area contributed by atoms with Gasteiger partial charge in [-0.3, -0.25) is 14.4 Å². The van der Waals surface area contributed by atoms with Crippen LogP contribution in [0.1, 0.15) is 57.0 Å². The molecule has 4 unspecified atom stereocenters. The Morgan fingerprint density at radius 2 is 1.54 bits per heavy atom. The normalized spacial score (nSPS) is 20.7. The summed E-state index contributed by atoms with van der Waals surface area (Å²) in [7, 11) is 0. The molecular weight excluding hydrogens is 470 g/mol. The Morgan fingerprint density at radius 3 is 2.11 bits per heavy atom. The van der Waals surface area contributed by atoms with Gasteiger partial charge in [-0.15, -0.1) is 5.10 Å². The standard InChI is InChI=1S/C21H25N3O11/c1-6-30-16(28)9-8-14-17(21(29)31-7-2)22-23-24(14)20-19(34-13(5)27)18(33-12(4)26)15(35-20)10-32-11(3)25/h15,18-20H,6-7,10H2,1-5H3. The minimum atomic E-state index is -1.34. The van der Waals surface area contributed by atoms with Crippen molar-refractivity contribution in [2.75, 3.05) is 19.8 Å². The van der Waals surface area contributed by atoms with Crippen molar-refractivity contribution in [3.63, 3.8) is 0 Å². The number of hydrogen-bond donors (Lipinski definition) is 0. The van der Waals surface area contributed by atoms with Crippen LogP contribution in [0.4, 0.5) is 0 Å². The first-order valence-corrected chi connectivity index (χ1v) is 10.5. The van der Waals surface area contributed by atoms with Gasteiger partial charge in [0.05, 0.1) is 13.2 Å². The molecule has 1 saturated heterocycles. The zero-order valence-electron chi connectivity index (χ0n) is 19.8. The monoisotopic (exact) mass is 495 g/mol. The van der Waals surface area contributed by atoms with Crippen LogP contribution in [0.3, 0.4) is 0 Å². The third kappa shape index (κ3) is 7.24. The Kier molecular flexibility index (Phi) is 9.71. The van der Waals surface area contributed by atoms with Crippen LogP contribution < -0.4 is 0 Å². The van der Waals surface area contributed by atoms with Crippen molar-refractivity contribution < 1.29 is 52.4 Å². The first kappa shape index (κ1) is 27.3. The van der Waals surface area contributed by atoms with Gasteiger partial charge in [-0.2, -0.15) is 0 Å². The van der Waals surface area contributed by atoms with Gasteiger partial charge in [0.15, 0.2) is 18.4 Å². The molecule has 190 valence electrons. The topological polar surface area (TPSA) is 171 Å². The molecule has 0 bridgehead atoms. The molecule has 14 heteroatoms. The van der Waals surface area contributed by atoms with Crippen LogP contribution in [0.15, 0.2) is 0 Å². The lowest BCUT2D eigenvalue weighted by molar-refractivity contribution is -0.166. The largest absolute Gasteiger partial charge is 0.463 e. The van der Waals surface area contributed by atoms with Gasteiger partial charge >= 0.3 is 29.8 Å². The number of carbonyl (C=O) groups is 5. The van der Waals surface area contributed by atoms with Crippen LogP contribution in [0.25, 0.3) is 0 Å². The fraction of sp³-hybridized carbons (Fsp3) is 0.571. The first-order valence-electron chi connectivity index (χ1n) is 10.5. The van der Waals surface area contributed by atoms with Crippen LogP contribution in [0, 0.1) is 11.8 Å². The van der Waals surface area contributed by atoms with E-state index in [9.17, 15) is 24.0 Å². The van der Waals surface area contributed by atoms with Crippen molar-refractivity contribution >= 4 is 29.8 Å². The minimum Gasteiger partial charge on any atom is -0.463 e. The Hall–Kier alpha value is -3.99. The van der Waals surface area contributed by atoms with Crippen molar-refractivity contribution in [3.8, 4) is 11.8 Å². The van der Waals surface area contributed by atoms with Crippen molar-refractivity contribution in [1.29, 1.82) is 0 Å². The molecule has 1 fully saturated rings. The summed E-state index contributed by atoms with van der Waals surface area (Å²) in [6.45, 7) is 6.31. The fourth-order valence-corrected chi connectivity index (χ4v) is 3.09. The van der Waals surface area contributed by atoms with Crippen LogP contribution in [-0.2, 0) is 47.6 Å². The Labute approximate surface area is 200 Å². The molecule has 4 atom stereocenters. The number of carbonyl (C=O) groups excluding carboxylic acids is 5. The van der Waals surface area contributed by atoms with Gasteiger partial charge in [0.25, 0.3) is 0 Å². The predicted molar refractivity (Wildman–Crippen MR) is 111 cm³/mol. The lowest BCUT2D eigenvalue weighted by atomic mass is 10.1. The lowest BCUT2D eigenvalue weighted by Gasteiger charge is -2.23. The molecule has 14 nitrogen and oxygen atoms in total. The Morgan fingerprint density at radius 1 is 0.914 bits per heavy atom. The molecule has 0 saturated carbocycles. The summed E-state index contributed by atoms with van der Waals surface area (Å²) in [5.41, 5.74) is -0.560. The summed E-state index contributed by atoms with van der Waals surface area (Å²) >= 11 is 0. The average Bonchev–Trinajstić information content (AvgIpc) is 3.32. The molecule has 0 aromatic carbocycles. The summed E-state index contributed by atoms with van der Waals surface area (Å²) < 4.78 is 32.2. The Balaban J connectivity index is 2.58. The van der Waals surface area contributed by atoms with E-state index in [1.165, 1.54) is 6.92 Å². The average molecular weight is 495 g/mol. The molecule has 1 aliphatic rings. The number of rotatable bonds is 8. The van der Waals surface area contributed by atoms with Crippen molar-refractivity contribution in [1.82, 2.24) is 15.0 Å². The van der Waals surface area contributed by atoms with E-state index in [4.69, 9.17) is 28.4 Å². The highest BCUT2D eigenvalue weighted by Crippen LogP contribution is 2.35. The van der Waals surface area contributed by atoms with Crippen molar-refractivity contribution in [2.45, 2.75) is 59.2 Å². The van der Waals surface area contributed by atoms with E-state index in [1.807, 2.05) is 0 Å². The van der Waals surface area contributed by atoms with Crippen LogP contribution in [0.2, 0.25) is 0 Å². The highest BCUT2D eigenvalue weighted by Gasteiger charge is 2.52. The highest BCUT2D eigenvalue weighted by molar-refractivity contribution is 5.92. The van der Waals surface area contributed by atoms with Crippen LogP contribution in [-0.4, -0.2) is 83.0 Å². The van der Waals surface area contributed by atoms with Gasteiger partial charge in [-0.05, 0) is 19.8 Å². The number of ether oxygens (including phenoxy) is 6. The summed E-state index contributed by atoms with van der Waals surface area (Å²) in [5.74, 6) is 0.778. The second-order valence-electron chi connectivity index (χ2n) is 6.94. The third-order valence-corrected chi connectivity index (χ3v) is 4.30. The van der Waals surface area contributed by atoms with Gasteiger partial charge in [0, 0.05) is 26.7 Å². The fourth-order valence-electron chi connectivity index (χ4n) is 3.09. The molecule has 2 heterocycles. The molecule has 2 rings (SSSR count). The first-order chi connectivity index (χ1) is 16.6. The molecule has 0 amide bonds. The van der Waals surface area contributed by atoms with Crippen LogP contribution in [0.5, 0.6) is 0 Å². The van der Waals surface area contributed by atoms with Crippen LogP contribution >= 0.6 is 0 Å². The molecular formula is C21H25N3O11. The summed E-state index contributed by atoms with van der Waals surface area (Å²) in [6, 6.07) is 0. The van der Waals surface area contributed by atoms with Gasteiger partial charge in [-0.25, -0.2) is 14.3 Å². The van der Waals surface area contributed by atoms with Gasteiger partial charge < -0.3 is 28.4 Å². The molecule has 0 aliphatic carbocycles. The van der Waals surface area contributed by atoms with E-state index < -0.39 is 54.4 Å². The lowest BCUT2D eigenvalue weighted by Crippen LogP contribution is -2.40. The number of nitrogens with zero attached hydrogens (tertiary/aromatic N) is 3. The number of aromatic nitrogens is 3. The van der Waals surface area contributed by atoms with Crippen molar-refractivity contribution in [3.05, 3.63) is 11.4 Å². The maximum absolute atomic E-state index is 12.4. The minimum absolute atomic E-state index is 0.0193. The summed E-state index contributed by atoms with van der Waals surface area (Å²) in [5, 5.41) is 7.65. The predicted octanol–water partition coefficient (Wildman–Crippen LogP) is -0.307. The molecule has 1 aromatic rings. The maximum Gasteiger partial charge on any atom is 0.384 e. The van der Waals surface area contributed by atoms with E-state index in [-0.39, 0.29) is 31.2 Å². The van der Waals surface area contributed by atoms with E-state index in [1.54, 1.807) is 13.8 Å². The summed E-state index contributed by atoms with van der Waals surface area (Å²) in [6.07, 6.45) is -4.96. The summed E-state index contributed by atoms with van der Waals surface area (Å²) in [4.78, 5) is 59.1. The quantitative estimate of drug-likeness (QED) is 0.261.